The Kier molecular flexibility index (Phi) is 5.48. The zero-order chi connectivity index (χ0) is 18.6. The number of ether oxygens (including phenoxy) is 1. The van der Waals surface area contributed by atoms with Gasteiger partial charge in [0.05, 0.1) is 12.7 Å². The Morgan fingerprint density at radius 1 is 1.15 bits per heavy atom. The van der Waals surface area contributed by atoms with Crippen LogP contribution in [-0.2, 0) is 11.2 Å². The summed E-state index contributed by atoms with van der Waals surface area (Å²) < 4.78 is 5.65. The largest absolute Gasteiger partial charge is 0.375 e. The molecule has 0 bridgehead atoms. The first-order valence-corrected chi connectivity index (χ1v) is 10.1. The molecule has 144 valence electrons. The summed E-state index contributed by atoms with van der Waals surface area (Å²) in [6.45, 7) is 5.46. The lowest BCUT2D eigenvalue weighted by Crippen LogP contribution is -2.43. The monoisotopic (exact) mass is 367 g/mol. The van der Waals surface area contributed by atoms with Crippen molar-refractivity contribution in [3.63, 3.8) is 0 Å². The van der Waals surface area contributed by atoms with Crippen LogP contribution in [0.3, 0.4) is 0 Å². The van der Waals surface area contributed by atoms with E-state index in [9.17, 15) is 4.79 Å². The predicted octanol–water partition coefficient (Wildman–Crippen LogP) is 3.20. The summed E-state index contributed by atoms with van der Waals surface area (Å²) in [5, 5.41) is 0. The third-order valence-corrected chi connectivity index (χ3v) is 5.67. The molecule has 0 radical (unpaired) electrons. The van der Waals surface area contributed by atoms with E-state index in [1.807, 2.05) is 0 Å². The van der Waals surface area contributed by atoms with Gasteiger partial charge < -0.3 is 19.5 Å². The molecule has 3 heterocycles. The predicted molar refractivity (Wildman–Crippen MR) is 110 cm³/mol. The minimum Gasteiger partial charge on any atom is -0.375 e. The third kappa shape index (κ3) is 4.35. The number of rotatable bonds is 4. The Bertz CT molecular complexity index is 805. The van der Waals surface area contributed by atoms with E-state index in [1.54, 1.807) is 6.07 Å². The molecule has 0 spiro atoms. The first-order chi connectivity index (χ1) is 13.2. The maximum Gasteiger partial charge on any atom is 0.251 e. The fraction of sp³-hybridized carbons (Fsp3) is 0.500. The number of pyridine rings is 1. The van der Waals surface area contributed by atoms with E-state index < -0.39 is 0 Å². The number of aromatic amines is 1. The van der Waals surface area contributed by atoms with Crippen molar-refractivity contribution in [1.29, 1.82) is 0 Å². The van der Waals surface area contributed by atoms with Crippen molar-refractivity contribution < 1.29 is 4.74 Å². The van der Waals surface area contributed by atoms with Gasteiger partial charge >= 0.3 is 0 Å². The zero-order valence-electron chi connectivity index (χ0n) is 16.1. The first-order valence-electron chi connectivity index (χ1n) is 10.1. The Morgan fingerprint density at radius 3 is 2.81 bits per heavy atom. The number of H-pyrrole nitrogens is 1. The molecule has 2 aromatic rings. The van der Waals surface area contributed by atoms with Crippen LogP contribution < -0.4 is 15.4 Å². The zero-order valence-corrected chi connectivity index (χ0v) is 16.1. The van der Waals surface area contributed by atoms with Crippen LogP contribution in [0.4, 0.5) is 11.5 Å². The van der Waals surface area contributed by atoms with Crippen molar-refractivity contribution in [2.24, 2.45) is 0 Å². The molecule has 2 aliphatic rings. The number of piperidine rings is 1. The van der Waals surface area contributed by atoms with Gasteiger partial charge in [0, 0.05) is 43.5 Å². The lowest BCUT2D eigenvalue weighted by Gasteiger charge is -2.38. The Morgan fingerprint density at radius 2 is 2.00 bits per heavy atom. The number of nitrogens with zero attached hydrogens (tertiary/aromatic N) is 2. The second kappa shape index (κ2) is 8.17. The normalized spacial score (nSPS) is 23.4. The number of benzene rings is 1. The van der Waals surface area contributed by atoms with Crippen LogP contribution in [0.25, 0.3) is 0 Å². The van der Waals surface area contributed by atoms with Crippen LogP contribution >= 0.6 is 0 Å². The van der Waals surface area contributed by atoms with Gasteiger partial charge in [0.25, 0.3) is 5.56 Å². The number of morpholine rings is 1. The minimum absolute atomic E-state index is 0.0225. The summed E-state index contributed by atoms with van der Waals surface area (Å²) >= 11 is 0. The van der Waals surface area contributed by atoms with Gasteiger partial charge in [-0.05, 0) is 38.2 Å². The molecule has 5 nitrogen and oxygen atoms in total. The lowest BCUT2D eigenvalue weighted by atomic mass is 9.95. The van der Waals surface area contributed by atoms with Gasteiger partial charge in [-0.2, -0.15) is 0 Å². The third-order valence-electron chi connectivity index (χ3n) is 5.67. The summed E-state index contributed by atoms with van der Waals surface area (Å²) in [4.78, 5) is 20.2. The SMILES string of the molecule is C[C@@H]1CN(c2cc(N3CCCC[C@H]3Cc3ccccc3)[nH]c(=O)c2)CCO1. The Balaban J connectivity index is 1.59. The minimum atomic E-state index is -0.0225. The van der Waals surface area contributed by atoms with Crippen molar-refractivity contribution in [3.05, 3.63) is 58.4 Å². The molecule has 0 aliphatic carbocycles. The van der Waals surface area contributed by atoms with Gasteiger partial charge in [-0.25, -0.2) is 0 Å². The van der Waals surface area contributed by atoms with Gasteiger partial charge in [-0.15, -0.1) is 0 Å². The number of anilines is 2. The second-order valence-corrected chi connectivity index (χ2v) is 7.75. The molecule has 27 heavy (non-hydrogen) atoms. The maximum absolute atomic E-state index is 12.4. The molecular weight excluding hydrogens is 338 g/mol. The lowest BCUT2D eigenvalue weighted by molar-refractivity contribution is 0.0532. The average molecular weight is 367 g/mol. The highest BCUT2D eigenvalue weighted by Crippen LogP contribution is 2.28. The number of hydrogen-bond donors (Lipinski definition) is 1. The highest BCUT2D eigenvalue weighted by atomic mass is 16.5. The van der Waals surface area contributed by atoms with E-state index in [2.05, 4.69) is 58.1 Å². The van der Waals surface area contributed by atoms with Crippen LogP contribution in [0.5, 0.6) is 0 Å². The Labute approximate surface area is 161 Å². The summed E-state index contributed by atoms with van der Waals surface area (Å²) in [5.41, 5.74) is 2.34. The van der Waals surface area contributed by atoms with Crippen molar-refractivity contribution in [2.75, 3.05) is 36.0 Å². The van der Waals surface area contributed by atoms with Crippen molar-refractivity contribution in [3.8, 4) is 0 Å². The summed E-state index contributed by atoms with van der Waals surface area (Å²) in [6.07, 6.45) is 4.80. The number of aromatic nitrogens is 1. The molecule has 2 fully saturated rings. The molecule has 2 atom stereocenters. The highest BCUT2D eigenvalue weighted by molar-refractivity contribution is 5.56. The van der Waals surface area contributed by atoms with E-state index in [1.165, 1.54) is 18.4 Å². The molecule has 0 saturated carbocycles. The average Bonchev–Trinajstić information content (AvgIpc) is 2.69. The maximum atomic E-state index is 12.4. The highest BCUT2D eigenvalue weighted by Gasteiger charge is 2.25. The molecule has 2 aliphatic heterocycles. The quantitative estimate of drug-likeness (QED) is 0.902. The molecule has 1 aromatic heterocycles. The first kappa shape index (κ1) is 18.1. The van der Waals surface area contributed by atoms with Crippen LogP contribution in [0, 0.1) is 0 Å². The summed E-state index contributed by atoms with van der Waals surface area (Å²) in [6, 6.07) is 15.0. The number of nitrogens with one attached hydrogen (secondary N) is 1. The smallest absolute Gasteiger partial charge is 0.251 e. The van der Waals surface area contributed by atoms with Crippen molar-refractivity contribution >= 4 is 11.5 Å². The second-order valence-electron chi connectivity index (χ2n) is 7.75. The van der Waals surface area contributed by atoms with Gasteiger partial charge in [-0.1, -0.05) is 30.3 Å². The molecule has 1 aromatic carbocycles. The number of hydrogen-bond acceptors (Lipinski definition) is 4. The molecule has 5 heteroatoms. The van der Waals surface area contributed by atoms with Crippen molar-refractivity contribution in [1.82, 2.24) is 4.98 Å². The molecular formula is C22H29N3O2. The molecule has 0 amide bonds. The van der Waals surface area contributed by atoms with Gasteiger partial charge in [-0.3, -0.25) is 4.79 Å². The van der Waals surface area contributed by atoms with Crippen LogP contribution in [0.2, 0.25) is 0 Å². The van der Waals surface area contributed by atoms with Gasteiger partial charge in [0.15, 0.2) is 0 Å². The summed E-state index contributed by atoms with van der Waals surface area (Å²) in [7, 11) is 0. The van der Waals surface area contributed by atoms with E-state index in [0.717, 1.165) is 44.0 Å². The van der Waals surface area contributed by atoms with Crippen LogP contribution in [0.1, 0.15) is 31.7 Å². The van der Waals surface area contributed by atoms with Crippen molar-refractivity contribution in [2.45, 2.75) is 44.8 Å². The van der Waals surface area contributed by atoms with E-state index in [4.69, 9.17) is 4.74 Å². The van der Waals surface area contributed by atoms with Crippen LogP contribution in [-0.4, -0.2) is 43.4 Å². The fourth-order valence-corrected chi connectivity index (χ4v) is 4.32. The fourth-order valence-electron chi connectivity index (χ4n) is 4.32. The van der Waals surface area contributed by atoms with E-state index in [0.29, 0.717) is 12.6 Å². The summed E-state index contributed by atoms with van der Waals surface area (Å²) in [5.74, 6) is 0.956. The topological polar surface area (TPSA) is 48.6 Å². The standard InChI is InChI=1S/C22H29N3O2/c1-17-16-24(11-12-27-17)20-14-21(23-22(26)15-20)25-10-6-5-9-19(25)13-18-7-3-2-4-8-18/h2-4,7-8,14-15,17,19H,5-6,9-13,16H2,1H3,(H,23,26)/t17-,19+/m1/s1. The van der Waals surface area contributed by atoms with E-state index >= 15 is 0 Å². The Hall–Kier alpha value is -2.27. The molecule has 1 N–H and O–H groups in total. The van der Waals surface area contributed by atoms with Gasteiger partial charge in [0.1, 0.15) is 5.82 Å². The van der Waals surface area contributed by atoms with Gasteiger partial charge in [0.2, 0.25) is 0 Å². The molecule has 0 unspecified atom stereocenters. The van der Waals surface area contributed by atoms with Crippen LogP contribution in [0.15, 0.2) is 47.3 Å². The molecule has 4 rings (SSSR count). The van der Waals surface area contributed by atoms with E-state index in [-0.39, 0.29) is 11.7 Å². The molecule has 2 saturated heterocycles.